The highest BCUT2D eigenvalue weighted by atomic mass is 16.1. The fourth-order valence-corrected chi connectivity index (χ4v) is 7.88. The first kappa shape index (κ1) is 38.2. The molecule has 0 aromatic rings. The summed E-state index contributed by atoms with van der Waals surface area (Å²) in [6, 6.07) is 5.40. The fourth-order valence-electron chi connectivity index (χ4n) is 7.88. The number of carbonyl (C=O) groups excluding carboxylic acids is 1. The largest absolute Gasteiger partial charge is 0.333 e. The standard InChI is InChI=1S/C12H25N.C11H18N2.C10H15NO.CH5N.H2/c1-6-12(4)8-10(13-5)7-11(2,3)9-12;1-10(2)5-9(13-4)6-11(3,7-10)8-12;1-9(2)4-8(12)5-10(3,6-9)7-11;1-2;/h10,13H,6-9H2,1-5H3;5-7H2,1-4H3;4-6H2,1-3H3;2H2,1H3;1H. The maximum Gasteiger partial charge on any atom is 0.135 e. The van der Waals surface area contributed by atoms with Gasteiger partial charge in [-0.05, 0) is 88.1 Å². The third-order valence-corrected chi connectivity index (χ3v) is 8.84. The molecule has 232 valence electrons. The lowest BCUT2D eigenvalue weighted by molar-refractivity contribution is -0.126. The van der Waals surface area contributed by atoms with E-state index in [2.05, 4.69) is 90.6 Å². The molecule has 0 heterocycles. The van der Waals surface area contributed by atoms with Crippen LogP contribution in [0, 0.1) is 55.2 Å². The molecule has 0 amide bonds. The smallest absolute Gasteiger partial charge is 0.135 e. The van der Waals surface area contributed by atoms with Crippen molar-refractivity contribution in [1.82, 2.24) is 5.32 Å². The Balaban J connectivity index is 0. The van der Waals surface area contributed by atoms with Gasteiger partial charge < -0.3 is 11.1 Å². The number of rotatable bonds is 2. The second-order valence-corrected chi connectivity index (χ2v) is 16.0. The average Bonchev–Trinajstić information content (AvgIpc) is 2.82. The van der Waals surface area contributed by atoms with Crippen LogP contribution in [-0.2, 0) is 4.79 Å². The van der Waals surface area contributed by atoms with Crippen LogP contribution in [0.1, 0.15) is 135 Å². The van der Waals surface area contributed by atoms with Gasteiger partial charge in [0, 0.05) is 39.5 Å². The predicted octanol–water partition coefficient (Wildman–Crippen LogP) is 8.11. The second-order valence-electron chi connectivity index (χ2n) is 16.0. The van der Waals surface area contributed by atoms with E-state index in [-0.39, 0.29) is 23.5 Å². The predicted molar refractivity (Wildman–Crippen MR) is 172 cm³/mol. The van der Waals surface area contributed by atoms with Crippen molar-refractivity contribution in [3.05, 3.63) is 0 Å². The fraction of sp³-hybridized carbons (Fsp3) is 0.882. The molecule has 3 rings (SSSR count). The number of nitriles is 2. The Hall–Kier alpha value is -1.76. The van der Waals surface area contributed by atoms with Crippen LogP contribution in [0.25, 0.3) is 0 Å². The molecule has 3 N–H and O–H groups in total. The highest BCUT2D eigenvalue weighted by Gasteiger charge is 2.41. The van der Waals surface area contributed by atoms with Gasteiger partial charge in [-0.1, -0.05) is 61.8 Å². The number of Topliss-reactive ketones (excluding diaryl/α,β-unsaturated/α-hetero) is 1. The molecular formula is C34H65N5O. The van der Waals surface area contributed by atoms with Gasteiger partial charge in [0.1, 0.15) is 5.78 Å². The molecule has 40 heavy (non-hydrogen) atoms. The minimum Gasteiger partial charge on any atom is -0.333 e. The van der Waals surface area contributed by atoms with Crippen LogP contribution in [0.5, 0.6) is 0 Å². The summed E-state index contributed by atoms with van der Waals surface area (Å²) in [5.74, 6) is 0.232. The summed E-state index contributed by atoms with van der Waals surface area (Å²) in [6.07, 6.45) is 10.2. The molecule has 3 fully saturated rings. The lowest BCUT2D eigenvalue weighted by atomic mass is 9.62. The molecule has 4 unspecified atom stereocenters. The molecule has 0 radical (unpaired) electrons. The van der Waals surface area contributed by atoms with Gasteiger partial charge in [-0.3, -0.25) is 9.79 Å². The number of hydrogen-bond donors (Lipinski definition) is 2. The van der Waals surface area contributed by atoms with Gasteiger partial charge in [-0.15, -0.1) is 0 Å². The molecule has 0 spiro atoms. The van der Waals surface area contributed by atoms with E-state index in [1.807, 2.05) is 20.9 Å². The summed E-state index contributed by atoms with van der Waals surface area (Å²) in [7, 11) is 5.43. The first-order valence-electron chi connectivity index (χ1n) is 15.2. The Labute approximate surface area is 249 Å². The number of aliphatic imine (C=N–C) groups is 1. The third kappa shape index (κ3) is 12.8. The lowest BCUT2D eigenvalue weighted by Gasteiger charge is -2.46. The van der Waals surface area contributed by atoms with Crippen molar-refractivity contribution in [2.24, 2.45) is 43.2 Å². The van der Waals surface area contributed by atoms with E-state index in [4.69, 9.17) is 10.5 Å². The van der Waals surface area contributed by atoms with E-state index in [1.165, 1.54) is 38.4 Å². The SMILES string of the molecule is CC1(C)CC(=O)CC(C)(C#N)C1.CCC1(C)CC(NC)CC(C)(C)C1.CN.CN=C1CC(C)(C)CC(C)(C#N)C1.[HH]. The summed E-state index contributed by atoms with van der Waals surface area (Å²) in [5, 5.41) is 21.4. The van der Waals surface area contributed by atoms with Crippen molar-refractivity contribution in [3.63, 3.8) is 0 Å². The van der Waals surface area contributed by atoms with Crippen LogP contribution in [-0.4, -0.2) is 38.7 Å². The Kier molecular flexibility index (Phi) is 14.3. The molecule has 4 atom stereocenters. The average molecular weight is 560 g/mol. The number of carbonyl (C=O) groups is 1. The molecule has 6 heteroatoms. The molecule has 0 aromatic heterocycles. The van der Waals surface area contributed by atoms with Crippen LogP contribution in [0.2, 0.25) is 0 Å². The topological polar surface area (TPSA) is 115 Å². The minimum atomic E-state index is -0.418. The van der Waals surface area contributed by atoms with Crippen LogP contribution in [0.15, 0.2) is 4.99 Å². The van der Waals surface area contributed by atoms with Gasteiger partial charge in [-0.25, -0.2) is 0 Å². The highest BCUT2D eigenvalue weighted by molar-refractivity contribution is 5.86. The molecule has 0 saturated heterocycles. The van der Waals surface area contributed by atoms with E-state index in [9.17, 15) is 4.79 Å². The number of ketones is 1. The maximum absolute atomic E-state index is 11.3. The van der Waals surface area contributed by atoms with Gasteiger partial charge in [0.25, 0.3) is 0 Å². The Morgan fingerprint density at radius 2 is 1.30 bits per heavy atom. The number of nitrogens with one attached hydrogen (secondary N) is 1. The monoisotopic (exact) mass is 560 g/mol. The van der Waals surface area contributed by atoms with E-state index in [0.717, 1.165) is 31.7 Å². The van der Waals surface area contributed by atoms with E-state index in [1.54, 1.807) is 0 Å². The first-order valence-corrected chi connectivity index (χ1v) is 15.2. The van der Waals surface area contributed by atoms with Crippen LogP contribution >= 0.6 is 0 Å². The van der Waals surface area contributed by atoms with Gasteiger partial charge in [-0.2, -0.15) is 10.5 Å². The zero-order valence-corrected chi connectivity index (χ0v) is 28.5. The third-order valence-electron chi connectivity index (χ3n) is 8.84. The molecule has 0 bridgehead atoms. The van der Waals surface area contributed by atoms with E-state index >= 15 is 0 Å². The molecule has 0 aromatic carbocycles. The van der Waals surface area contributed by atoms with Crippen LogP contribution in [0.3, 0.4) is 0 Å². The molecule has 0 aliphatic heterocycles. The summed E-state index contributed by atoms with van der Waals surface area (Å²) in [5.41, 5.74) is 6.42. The molecule has 3 saturated carbocycles. The van der Waals surface area contributed by atoms with E-state index in [0.29, 0.717) is 23.7 Å². The molecule has 3 aliphatic rings. The van der Waals surface area contributed by atoms with E-state index < -0.39 is 5.41 Å². The van der Waals surface area contributed by atoms with Crippen molar-refractivity contribution >= 4 is 11.5 Å². The first-order chi connectivity index (χ1) is 18.2. The van der Waals surface area contributed by atoms with Crippen molar-refractivity contribution in [2.45, 2.75) is 139 Å². The maximum atomic E-state index is 11.3. The number of nitrogens with zero attached hydrogens (tertiary/aromatic N) is 3. The summed E-state index contributed by atoms with van der Waals surface area (Å²) in [4.78, 5) is 15.6. The van der Waals surface area contributed by atoms with Crippen molar-refractivity contribution < 1.29 is 6.22 Å². The summed E-state index contributed by atoms with van der Waals surface area (Å²) >= 11 is 0. The summed E-state index contributed by atoms with van der Waals surface area (Å²) in [6.45, 7) is 22.0. The van der Waals surface area contributed by atoms with Crippen molar-refractivity contribution in [2.75, 3.05) is 21.1 Å². The zero-order chi connectivity index (χ0) is 31.6. The van der Waals surface area contributed by atoms with Crippen molar-refractivity contribution in [3.8, 4) is 12.1 Å². The number of hydrogen-bond acceptors (Lipinski definition) is 6. The van der Waals surface area contributed by atoms with Crippen molar-refractivity contribution in [1.29, 1.82) is 10.5 Å². The van der Waals surface area contributed by atoms with Gasteiger partial charge in [0.05, 0.1) is 23.0 Å². The molecule has 6 nitrogen and oxygen atoms in total. The zero-order valence-electron chi connectivity index (χ0n) is 28.5. The minimum absolute atomic E-state index is 0. The summed E-state index contributed by atoms with van der Waals surface area (Å²) < 4.78 is 0. The quantitative estimate of drug-likeness (QED) is 0.354. The van der Waals surface area contributed by atoms with Gasteiger partial charge in [0.15, 0.2) is 0 Å². The Morgan fingerprint density at radius 1 is 0.825 bits per heavy atom. The van der Waals surface area contributed by atoms with Gasteiger partial charge in [0.2, 0.25) is 0 Å². The van der Waals surface area contributed by atoms with Gasteiger partial charge >= 0.3 is 0 Å². The normalized spacial score (nSPS) is 34.8. The molecule has 3 aliphatic carbocycles. The Bertz CT molecular complexity index is 944. The van der Waals surface area contributed by atoms with Crippen LogP contribution in [0.4, 0.5) is 0 Å². The number of nitrogens with two attached hydrogens (primary N) is 1. The Morgan fingerprint density at radius 3 is 1.70 bits per heavy atom. The van der Waals surface area contributed by atoms with Crippen LogP contribution < -0.4 is 11.1 Å². The molecular weight excluding hydrogens is 494 g/mol. The highest BCUT2D eigenvalue weighted by Crippen LogP contribution is 2.48. The second kappa shape index (κ2) is 14.9. The lowest BCUT2D eigenvalue weighted by Crippen LogP contribution is -2.43.